The normalized spacial score (nSPS) is 10.1. The summed E-state index contributed by atoms with van der Waals surface area (Å²) in [5, 5.41) is 13.1. The number of hydrogen-bond donors (Lipinski definition) is 0. The fourth-order valence-electron chi connectivity index (χ4n) is 1.84. The molecule has 1 heterocycles. The molecule has 0 atom stereocenters. The molecule has 2 aromatic rings. The van der Waals surface area contributed by atoms with Crippen molar-refractivity contribution in [3.05, 3.63) is 47.5 Å². The van der Waals surface area contributed by atoms with Crippen molar-refractivity contribution in [1.82, 2.24) is 9.78 Å². The Hall–Kier alpha value is -2.35. The van der Waals surface area contributed by atoms with Gasteiger partial charge in [-0.25, -0.2) is 4.39 Å². The molecule has 0 unspecified atom stereocenters. The molecule has 4 nitrogen and oxygen atoms in total. The highest BCUT2D eigenvalue weighted by Gasteiger charge is 2.09. The van der Waals surface area contributed by atoms with Gasteiger partial charge in [-0.1, -0.05) is 0 Å². The van der Waals surface area contributed by atoms with Gasteiger partial charge in [0.1, 0.15) is 11.9 Å². The first kappa shape index (κ1) is 12.1. The first-order valence-corrected chi connectivity index (χ1v) is 5.48. The third-order valence-corrected chi connectivity index (χ3v) is 2.67. The molecule has 0 amide bonds. The second kappa shape index (κ2) is 4.88. The number of aromatic nitrogens is 2. The van der Waals surface area contributed by atoms with Gasteiger partial charge in [0.05, 0.1) is 17.4 Å². The minimum atomic E-state index is -0.398. The number of rotatable bonds is 3. The maximum absolute atomic E-state index is 13.0. The van der Waals surface area contributed by atoms with Crippen LogP contribution in [0, 0.1) is 17.1 Å². The van der Waals surface area contributed by atoms with E-state index in [2.05, 4.69) is 5.10 Å². The highest BCUT2D eigenvalue weighted by molar-refractivity contribution is 5.59. The molecule has 5 heteroatoms. The Kier molecular flexibility index (Phi) is 3.28. The number of benzene rings is 1. The molecule has 0 N–H and O–H groups in total. The summed E-state index contributed by atoms with van der Waals surface area (Å²) in [4.78, 5) is 1.90. The molecular formula is C13H13FN4. The van der Waals surface area contributed by atoms with Crippen LogP contribution >= 0.6 is 0 Å². The Bertz CT molecular complexity index is 597. The van der Waals surface area contributed by atoms with Crippen LogP contribution in [0.1, 0.15) is 11.1 Å². The van der Waals surface area contributed by atoms with E-state index in [4.69, 9.17) is 5.26 Å². The first-order chi connectivity index (χ1) is 8.60. The van der Waals surface area contributed by atoms with Crippen molar-refractivity contribution < 1.29 is 4.39 Å². The quantitative estimate of drug-likeness (QED) is 0.830. The van der Waals surface area contributed by atoms with E-state index in [0.29, 0.717) is 17.8 Å². The lowest BCUT2D eigenvalue weighted by Gasteiger charge is -2.19. The van der Waals surface area contributed by atoms with Crippen LogP contribution in [0.3, 0.4) is 0 Å². The van der Waals surface area contributed by atoms with Crippen LogP contribution in [-0.2, 0) is 13.6 Å². The highest BCUT2D eigenvalue weighted by atomic mass is 19.1. The lowest BCUT2D eigenvalue weighted by Crippen LogP contribution is -2.17. The van der Waals surface area contributed by atoms with Gasteiger partial charge >= 0.3 is 0 Å². The van der Waals surface area contributed by atoms with Gasteiger partial charge in [-0.2, -0.15) is 10.4 Å². The van der Waals surface area contributed by atoms with Crippen molar-refractivity contribution in [1.29, 1.82) is 5.26 Å². The standard InChI is InChI=1S/C13H13FN4/c1-17(8-10-7-16-18(2)9-10)13-4-3-12(14)5-11(13)6-15/h3-5,7,9H,8H2,1-2H3. The zero-order valence-electron chi connectivity index (χ0n) is 10.3. The van der Waals surface area contributed by atoms with Gasteiger partial charge in [0, 0.05) is 32.4 Å². The number of aryl methyl sites for hydroxylation is 1. The van der Waals surface area contributed by atoms with Crippen LogP contribution in [0.5, 0.6) is 0 Å². The summed E-state index contributed by atoms with van der Waals surface area (Å²) in [7, 11) is 3.71. The molecule has 0 fully saturated rings. The lowest BCUT2D eigenvalue weighted by molar-refractivity contribution is 0.627. The van der Waals surface area contributed by atoms with E-state index in [-0.39, 0.29) is 0 Å². The molecule has 0 bridgehead atoms. The largest absolute Gasteiger partial charge is 0.369 e. The molecule has 0 spiro atoms. The van der Waals surface area contributed by atoms with Crippen LogP contribution < -0.4 is 4.90 Å². The fraction of sp³-hybridized carbons (Fsp3) is 0.231. The van der Waals surface area contributed by atoms with Crippen molar-refractivity contribution in [3.8, 4) is 6.07 Å². The van der Waals surface area contributed by atoms with Gasteiger partial charge in [-0.3, -0.25) is 4.68 Å². The Morgan fingerprint density at radius 1 is 1.50 bits per heavy atom. The molecule has 18 heavy (non-hydrogen) atoms. The summed E-state index contributed by atoms with van der Waals surface area (Å²) in [5.74, 6) is -0.398. The third-order valence-electron chi connectivity index (χ3n) is 2.67. The van der Waals surface area contributed by atoms with Crippen molar-refractivity contribution in [2.24, 2.45) is 7.05 Å². The molecule has 0 saturated carbocycles. The van der Waals surface area contributed by atoms with Crippen molar-refractivity contribution in [3.63, 3.8) is 0 Å². The van der Waals surface area contributed by atoms with Gasteiger partial charge < -0.3 is 4.90 Å². The van der Waals surface area contributed by atoms with E-state index in [1.54, 1.807) is 16.9 Å². The van der Waals surface area contributed by atoms with E-state index in [9.17, 15) is 4.39 Å². The Morgan fingerprint density at radius 2 is 2.28 bits per heavy atom. The fourth-order valence-corrected chi connectivity index (χ4v) is 1.84. The van der Waals surface area contributed by atoms with Gasteiger partial charge in [0.2, 0.25) is 0 Å². The summed E-state index contributed by atoms with van der Waals surface area (Å²) in [6.07, 6.45) is 3.68. The molecule has 0 aliphatic heterocycles. The lowest BCUT2D eigenvalue weighted by atomic mass is 10.1. The zero-order valence-corrected chi connectivity index (χ0v) is 10.3. The number of nitriles is 1. The molecular weight excluding hydrogens is 231 g/mol. The predicted molar refractivity (Wildman–Crippen MR) is 66.4 cm³/mol. The Morgan fingerprint density at radius 3 is 2.89 bits per heavy atom. The Balaban J connectivity index is 2.24. The number of anilines is 1. The van der Waals surface area contributed by atoms with Gasteiger partial charge in [-0.15, -0.1) is 0 Å². The predicted octanol–water partition coefficient (Wildman–Crippen LogP) is 2.07. The topological polar surface area (TPSA) is 44.9 Å². The van der Waals surface area contributed by atoms with Gasteiger partial charge in [-0.05, 0) is 18.2 Å². The van der Waals surface area contributed by atoms with Crippen molar-refractivity contribution in [2.75, 3.05) is 11.9 Å². The maximum atomic E-state index is 13.0. The molecule has 0 saturated heterocycles. The van der Waals surface area contributed by atoms with Crippen LogP contribution in [-0.4, -0.2) is 16.8 Å². The van der Waals surface area contributed by atoms with E-state index in [1.807, 2.05) is 31.3 Å². The first-order valence-electron chi connectivity index (χ1n) is 5.48. The molecule has 1 aromatic carbocycles. The van der Waals surface area contributed by atoms with Crippen LogP contribution in [0.2, 0.25) is 0 Å². The van der Waals surface area contributed by atoms with Gasteiger partial charge in [0.25, 0.3) is 0 Å². The zero-order chi connectivity index (χ0) is 13.1. The molecule has 1 aromatic heterocycles. The maximum Gasteiger partial charge on any atom is 0.124 e. The van der Waals surface area contributed by atoms with E-state index in [0.717, 1.165) is 5.56 Å². The van der Waals surface area contributed by atoms with E-state index >= 15 is 0 Å². The minimum Gasteiger partial charge on any atom is -0.369 e. The number of halogens is 1. The summed E-state index contributed by atoms with van der Waals surface area (Å²) >= 11 is 0. The van der Waals surface area contributed by atoms with Crippen molar-refractivity contribution >= 4 is 5.69 Å². The monoisotopic (exact) mass is 244 g/mol. The highest BCUT2D eigenvalue weighted by Crippen LogP contribution is 2.21. The van der Waals surface area contributed by atoms with Crippen molar-refractivity contribution in [2.45, 2.75) is 6.54 Å². The average molecular weight is 244 g/mol. The summed E-state index contributed by atoms with van der Waals surface area (Å²) in [6.45, 7) is 0.619. The molecule has 2 rings (SSSR count). The van der Waals surface area contributed by atoms with Crippen LogP contribution in [0.4, 0.5) is 10.1 Å². The Labute approximate surface area is 105 Å². The van der Waals surface area contributed by atoms with Crippen LogP contribution in [0.15, 0.2) is 30.6 Å². The average Bonchev–Trinajstić information content (AvgIpc) is 2.74. The molecule has 92 valence electrons. The summed E-state index contributed by atoms with van der Waals surface area (Å²) in [6, 6.07) is 6.22. The smallest absolute Gasteiger partial charge is 0.124 e. The third kappa shape index (κ3) is 2.48. The minimum absolute atomic E-state index is 0.335. The second-order valence-electron chi connectivity index (χ2n) is 4.15. The summed E-state index contributed by atoms with van der Waals surface area (Å²) < 4.78 is 14.8. The summed E-state index contributed by atoms with van der Waals surface area (Å²) in [5.41, 5.74) is 2.08. The second-order valence-corrected chi connectivity index (χ2v) is 4.15. The van der Waals surface area contributed by atoms with E-state index in [1.165, 1.54) is 12.1 Å². The molecule has 0 radical (unpaired) electrons. The van der Waals surface area contributed by atoms with Crippen LogP contribution in [0.25, 0.3) is 0 Å². The molecule has 0 aliphatic carbocycles. The number of nitrogens with zero attached hydrogens (tertiary/aromatic N) is 4. The van der Waals surface area contributed by atoms with E-state index < -0.39 is 5.82 Å². The SMILES string of the molecule is CN(Cc1cnn(C)c1)c1ccc(F)cc1C#N. The number of hydrogen-bond acceptors (Lipinski definition) is 3. The van der Waals surface area contributed by atoms with Gasteiger partial charge in [0.15, 0.2) is 0 Å². The molecule has 0 aliphatic rings.